The molecule has 0 amide bonds. The molecule has 4 heteroatoms. The van der Waals surface area contributed by atoms with Gasteiger partial charge in [0.25, 0.3) is 0 Å². The van der Waals surface area contributed by atoms with Crippen molar-refractivity contribution in [2.75, 3.05) is 6.61 Å². The molecule has 2 rings (SSSR count). The fourth-order valence-electron chi connectivity index (χ4n) is 1.66. The van der Waals surface area contributed by atoms with Gasteiger partial charge in [-0.3, -0.25) is 0 Å². The monoisotopic (exact) mass is 239 g/mol. The van der Waals surface area contributed by atoms with Crippen LogP contribution < -0.4 is 10.5 Å². The molecule has 0 heterocycles. The van der Waals surface area contributed by atoms with E-state index in [0.29, 0.717) is 18.3 Å². The third kappa shape index (κ3) is 2.50. The first-order chi connectivity index (χ1) is 7.66. The van der Waals surface area contributed by atoms with Crippen LogP contribution in [0.4, 0.5) is 4.39 Å². The Morgan fingerprint density at radius 3 is 2.75 bits per heavy atom. The highest BCUT2D eigenvalue weighted by molar-refractivity contribution is 7.80. The molecule has 2 N–H and O–H groups in total. The molecule has 1 aromatic rings. The maximum Gasteiger partial charge on any atom is 0.137 e. The highest BCUT2D eigenvalue weighted by Gasteiger charge is 2.18. The molecule has 0 atom stereocenters. The van der Waals surface area contributed by atoms with E-state index >= 15 is 0 Å². The topological polar surface area (TPSA) is 35.2 Å². The largest absolute Gasteiger partial charge is 0.493 e. The first kappa shape index (κ1) is 11.3. The summed E-state index contributed by atoms with van der Waals surface area (Å²) in [4.78, 5) is 0.0723. The van der Waals surface area contributed by atoms with Gasteiger partial charge in [0.15, 0.2) is 0 Å². The Morgan fingerprint density at radius 2 is 2.25 bits per heavy atom. The molecule has 0 unspecified atom stereocenters. The van der Waals surface area contributed by atoms with Crippen molar-refractivity contribution in [2.45, 2.75) is 19.3 Å². The molecular weight excluding hydrogens is 225 g/mol. The zero-order valence-electron chi connectivity index (χ0n) is 8.91. The predicted octanol–water partition coefficient (Wildman–Crippen LogP) is 2.64. The second-order valence-corrected chi connectivity index (χ2v) is 4.55. The molecule has 2 nitrogen and oxygen atoms in total. The fourth-order valence-corrected chi connectivity index (χ4v) is 1.82. The molecule has 86 valence electrons. The molecule has 1 aliphatic carbocycles. The summed E-state index contributed by atoms with van der Waals surface area (Å²) in [5.74, 6) is 0.765. The summed E-state index contributed by atoms with van der Waals surface area (Å²) in [6.07, 6.45) is 3.71. The van der Waals surface area contributed by atoms with Crippen molar-refractivity contribution in [3.63, 3.8) is 0 Å². The number of rotatable bonds is 4. The van der Waals surface area contributed by atoms with E-state index in [4.69, 9.17) is 22.7 Å². The van der Waals surface area contributed by atoms with Crippen LogP contribution in [-0.4, -0.2) is 11.6 Å². The average Bonchev–Trinajstić information content (AvgIpc) is 2.14. The highest BCUT2D eigenvalue weighted by Crippen LogP contribution is 2.27. The summed E-state index contributed by atoms with van der Waals surface area (Å²) in [6.45, 7) is 0.672. The van der Waals surface area contributed by atoms with Crippen molar-refractivity contribution in [1.29, 1.82) is 0 Å². The van der Waals surface area contributed by atoms with Gasteiger partial charge in [-0.15, -0.1) is 0 Å². The number of ether oxygens (including phenoxy) is 1. The van der Waals surface area contributed by atoms with E-state index in [1.54, 1.807) is 12.1 Å². The number of hydrogen-bond donors (Lipinski definition) is 1. The number of hydrogen-bond acceptors (Lipinski definition) is 2. The van der Waals surface area contributed by atoms with Crippen molar-refractivity contribution in [3.05, 3.63) is 29.6 Å². The highest BCUT2D eigenvalue weighted by atomic mass is 32.1. The minimum Gasteiger partial charge on any atom is -0.493 e. The number of thiocarbonyl (C=S) groups is 1. The fraction of sp³-hybridized carbons (Fsp3) is 0.417. The summed E-state index contributed by atoms with van der Waals surface area (Å²) < 4.78 is 19.0. The Morgan fingerprint density at radius 1 is 1.50 bits per heavy atom. The molecule has 16 heavy (non-hydrogen) atoms. The molecule has 0 bridgehead atoms. The zero-order valence-corrected chi connectivity index (χ0v) is 9.73. The lowest BCUT2D eigenvalue weighted by Gasteiger charge is -2.25. The Balaban J connectivity index is 1.99. The molecule has 0 spiro atoms. The molecule has 1 aromatic carbocycles. The van der Waals surface area contributed by atoms with E-state index in [9.17, 15) is 4.39 Å². The molecule has 0 aromatic heterocycles. The van der Waals surface area contributed by atoms with Crippen LogP contribution in [0.5, 0.6) is 5.75 Å². The van der Waals surface area contributed by atoms with Gasteiger partial charge in [0.1, 0.15) is 16.6 Å². The smallest absolute Gasteiger partial charge is 0.137 e. The van der Waals surface area contributed by atoms with Gasteiger partial charge in [-0.05, 0) is 30.9 Å². The Kier molecular flexibility index (Phi) is 3.39. The van der Waals surface area contributed by atoms with Gasteiger partial charge < -0.3 is 10.5 Å². The summed E-state index contributed by atoms with van der Waals surface area (Å²) in [5.41, 5.74) is 5.64. The van der Waals surface area contributed by atoms with Gasteiger partial charge in [-0.1, -0.05) is 18.6 Å². The van der Waals surface area contributed by atoms with E-state index in [1.165, 1.54) is 25.3 Å². The van der Waals surface area contributed by atoms with E-state index < -0.39 is 5.82 Å². The second-order valence-electron chi connectivity index (χ2n) is 4.11. The van der Waals surface area contributed by atoms with Gasteiger partial charge in [-0.2, -0.15) is 0 Å². The normalized spacial score (nSPS) is 15.6. The molecule has 0 aliphatic heterocycles. The number of halogens is 1. The third-order valence-corrected chi connectivity index (χ3v) is 3.14. The maximum atomic E-state index is 13.5. The summed E-state index contributed by atoms with van der Waals surface area (Å²) in [6, 6.07) is 4.61. The van der Waals surface area contributed by atoms with Crippen LogP contribution in [0.15, 0.2) is 18.2 Å². The van der Waals surface area contributed by atoms with Gasteiger partial charge in [0.2, 0.25) is 0 Å². The van der Waals surface area contributed by atoms with Crippen molar-refractivity contribution in [1.82, 2.24) is 0 Å². The van der Waals surface area contributed by atoms with Gasteiger partial charge in [-0.25, -0.2) is 4.39 Å². The number of benzene rings is 1. The summed E-state index contributed by atoms with van der Waals surface area (Å²) in [5, 5.41) is 0. The average molecular weight is 239 g/mol. The Bertz CT molecular complexity index is 404. The van der Waals surface area contributed by atoms with E-state index in [2.05, 4.69) is 0 Å². The third-order valence-electron chi connectivity index (χ3n) is 2.92. The first-order valence-electron chi connectivity index (χ1n) is 5.39. The SMILES string of the molecule is NC(=S)c1ccc(OCC2CCC2)cc1F. The van der Waals surface area contributed by atoms with Crippen LogP contribution in [-0.2, 0) is 0 Å². The van der Waals surface area contributed by atoms with Crippen molar-refractivity contribution in [3.8, 4) is 5.75 Å². The molecule has 0 radical (unpaired) electrons. The quantitative estimate of drug-likeness (QED) is 0.820. The lowest BCUT2D eigenvalue weighted by molar-refractivity contribution is 0.180. The van der Waals surface area contributed by atoms with Crippen molar-refractivity contribution in [2.24, 2.45) is 11.7 Å². The minimum absolute atomic E-state index is 0.0723. The Labute approximate surface area is 99.6 Å². The second kappa shape index (κ2) is 4.78. The lowest BCUT2D eigenvalue weighted by atomic mass is 9.86. The lowest BCUT2D eigenvalue weighted by Crippen LogP contribution is -2.19. The van der Waals surface area contributed by atoms with Gasteiger partial charge in [0, 0.05) is 11.6 Å². The van der Waals surface area contributed by atoms with E-state index in [1.807, 2.05) is 0 Å². The zero-order chi connectivity index (χ0) is 11.5. The van der Waals surface area contributed by atoms with Gasteiger partial charge in [0.05, 0.1) is 6.61 Å². The molecule has 1 aliphatic rings. The van der Waals surface area contributed by atoms with E-state index in [0.717, 1.165) is 0 Å². The predicted molar refractivity (Wildman–Crippen MR) is 65.1 cm³/mol. The molecule has 1 fully saturated rings. The summed E-state index contributed by atoms with van der Waals surface area (Å²) in [7, 11) is 0. The van der Waals surface area contributed by atoms with Crippen molar-refractivity contribution >= 4 is 17.2 Å². The molecular formula is C12H14FNOS. The maximum absolute atomic E-state index is 13.5. The summed E-state index contributed by atoms with van der Waals surface area (Å²) >= 11 is 4.72. The standard InChI is InChI=1S/C12H14FNOS/c13-11-6-9(4-5-10(11)12(14)16)15-7-8-2-1-3-8/h4-6,8H,1-3,7H2,(H2,14,16). The number of nitrogens with two attached hydrogens (primary N) is 1. The van der Waals surface area contributed by atoms with Crippen LogP contribution >= 0.6 is 12.2 Å². The Hall–Kier alpha value is -1.16. The van der Waals surface area contributed by atoms with E-state index in [-0.39, 0.29) is 10.6 Å². The van der Waals surface area contributed by atoms with Crippen LogP contribution in [0.3, 0.4) is 0 Å². The molecule has 1 saturated carbocycles. The van der Waals surface area contributed by atoms with Crippen LogP contribution in [0.2, 0.25) is 0 Å². The first-order valence-corrected chi connectivity index (χ1v) is 5.80. The van der Waals surface area contributed by atoms with Crippen molar-refractivity contribution < 1.29 is 9.13 Å². The van der Waals surface area contributed by atoms with Crippen LogP contribution in [0.1, 0.15) is 24.8 Å². The van der Waals surface area contributed by atoms with Crippen LogP contribution in [0.25, 0.3) is 0 Å². The molecule has 0 saturated heterocycles. The van der Waals surface area contributed by atoms with Gasteiger partial charge >= 0.3 is 0 Å². The van der Waals surface area contributed by atoms with Crippen LogP contribution in [0, 0.1) is 11.7 Å². The minimum atomic E-state index is -0.418.